The molecule has 2 aliphatic rings. The molecule has 1 aliphatic heterocycles. The summed E-state index contributed by atoms with van der Waals surface area (Å²) in [6, 6.07) is 45.0. The van der Waals surface area contributed by atoms with Gasteiger partial charge < -0.3 is 4.57 Å². The molecule has 3 heterocycles. The minimum absolute atomic E-state index is 0.0430. The van der Waals surface area contributed by atoms with Crippen molar-refractivity contribution in [2.45, 2.75) is 70.1 Å². The Balaban J connectivity index is 1.21. The van der Waals surface area contributed by atoms with Gasteiger partial charge in [-0.3, -0.25) is 9.98 Å². The maximum atomic E-state index is 5.48. The van der Waals surface area contributed by atoms with Crippen molar-refractivity contribution in [2.75, 3.05) is 0 Å². The standard InChI is InChI=1S/C47H43N3S/c1-46(2,3)33-21-22-48-40(27-33)30-19-20-36-35-15-10-11-18-42(35)50(43(36)26-30)34-24-31(29-13-8-7-9-14-29)23-32(25-34)45-49-41-28-38-37(44(41)51-45)16-12-17-39(38)47(4,5)6/h7-27,41,44H,28H2,1-6H3/t41-,44+/m1/s1. The number of hydrogen-bond acceptors (Lipinski definition) is 3. The van der Waals surface area contributed by atoms with Gasteiger partial charge in [-0.2, -0.15) is 0 Å². The first kappa shape index (κ1) is 32.0. The van der Waals surface area contributed by atoms with Crippen LogP contribution in [0.5, 0.6) is 0 Å². The van der Waals surface area contributed by atoms with E-state index in [1.807, 2.05) is 18.0 Å². The van der Waals surface area contributed by atoms with Crippen molar-refractivity contribution in [2.24, 2.45) is 4.99 Å². The monoisotopic (exact) mass is 681 g/mol. The first-order valence-corrected chi connectivity index (χ1v) is 19.0. The SMILES string of the molecule is CC(C)(C)c1ccnc(-c2ccc3c4ccccc4n(-c4cc(C5=N[C@@H]6Cc7c(cccc7C(C)(C)C)[C@@H]6S5)cc(-c5ccccc5)c4)c3c2)c1. The zero-order valence-corrected chi connectivity index (χ0v) is 31.1. The van der Waals surface area contributed by atoms with E-state index in [9.17, 15) is 0 Å². The van der Waals surface area contributed by atoms with Crippen LogP contribution in [0.3, 0.4) is 0 Å². The molecule has 9 rings (SSSR count). The molecule has 0 fully saturated rings. The maximum Gasteiger partial charge on any atom is 0.0988 e. The summed E-state index contributed by atoms with van der Waals surface area (Å²) in [4.78, 5) is 10.3. The van der Waals surface area contributed by atoms with Gasteiger partial charge >= 0.3 is 0 Å². The van der Waals surface area contributed by atoms with Gasteiger partial charge in [0, 0.05) is 33.8 Å². The highest BCUT2D eigenvalue weighted by Gasteiger charge is 2.41. The highest BCUT2D eigenvalue weighted by molar-refractivity contribution is 8.15. The number of para-hydroxylation sites is 1. The van der Waals surface area contributed by atoms with Gasteiger partial charge in [-0.05, 0) is 93.1 Å². The summed E-state index contributed by atoms with van der Waals surface area (Å²) in [6.45, 7) is 13.7. The first-order chi connectivity index (χ1) is 24.5. The highest BCUT2D eigenvalue weighted by atomic mass is 32.2. The molecule has 0 bridgehead atoms. The molecule has 2 atom stereocenters. The molecule has 0 saturated carbocycles. The lowest BCUT2D eigenvalue weighted by Crippen LogP contribution is -2.14. The van der Waals surface area contributed by atoms with Crippen LogP contribution >= 0.6 is 11.8 Å². The Morgan fingerprint density at radius 2 is 1.39 bits per heavy atom. The summed E-state index contributed by atoms with van der Waals surface area (Å²) in [7, 11) is 0. The van der Waals surface area contributed by atoms with Crippen LogP contribution in [0.15, 0.2) is 133 Å². The molecule has 4 heteroatoms. The molecule has 51 heavy (non-hydrogen) atoms. The zero-order chi connectivity index (χ0) is 35.1. The van der Waals surface area contributed by atoms with Crippen LogP contribution in [0.1, 0.15) is 74.6 Å². The van der Waals surface area contributed by atoms with Crippen LogP contribution in [0.4, 0.5) is 0 Å². The van der Waals surface area contributed by atoms with Crippen LogP contribution in [-0.4, -0.2) is 20.6 Å². The van der Waals surface area contributed by atoms with Gasteiger partial charge in [-0.25, -0.2) is 0 Å². The Morgan fingerprint density at radius 1 is 0.627 bits per heavy atom. The minimum Gasteiger partial charge on any atom is -0.309 e. The van der Waals surface area contributed by atoms with Gasteiger partial charge in [0.15, 0.2) is 0 Å². The molecule has 0 spiro atoms. The van der Waals surface area contributed by atoms with Gasteiger partial charge in [0.05, 0.1) is 33.1 Å². The second-order valence-electron chi connectivity index (χ2n) is 16.3. The number of hydrogen-bond donors (Lipinski definition) is 0. The number of thioether (sulfide) groups is 1. The number of aromatic nitrogens is 2. The Kier molecular flexibility index (Phi) is 7.42. The summed E-state index contributed by atoms with van der Waals surface area (Å²) in [5.74, 6) is 0. The predicted molar refractivity (Wildman–Crippen MR) is 218 cm³/mol. The number of nitrogens with zero attached hydrogens (tertiary/aromatic N) is 3. The highest BCUT2D eigenvalue weighted by Crippen LogP contribution is 2.51. The van der Waals surface area contributed by atoms with Gasteiger partial charge in [0.25, 0.3) is 0 Å². The van der Waals surface area contributed by atoms with E-state index in [4.69, 9.17) is 9.98 Å². The Morgan fingerprint density at radius 3 is 2.20 bits per heavy atom. The number of benzene rings is 5. The van der Waals surface area contributed by atoms with Crippen LogP contribution in [0.25, 0.3) is 49.9 Å². The van der Waals surface area contributed by atoms with E-state index in [1.165, 1.54) is 60.8 Å². The van der Waals surface area contributed by atoms with Crippen LogP contribution < -0.4 is 0 Å². The molecule has 0 N–H and O–H groups in total. The van der Waals surface area contributed by atoms with Crippen LogP contribution in [0.2, 0.25) is 0 Å². The van der Waals surface area contributed by atoms with Crippen molar-refractivity contribution >= 4 is 38.6 Å². The fourth-order valence-electron chi connectivity index (χ4n) is 8.15. The van der Waals surface area contributed by atoms with Crippen LogP contribution in [-0.2, 0) is 17.3 Å². The van der Waals surface area contributed by atoms with Gasteiger partial charge in [-0.15, -0.1) is 0 Å². The summed E-state index contributed by atoms with van der Waals surface area (Å²) in [5, 5.41) is 3.98. The third-order valence-corrected chi connectivity index (χ3v) is 12.1. The summed E-state index contributed by atoms with van der Waals surface area (Å²) in [5.41, 5.74) is 15.1. The Labute approximate surface area is 305 Å². The molecule has 252 valence electrons. The molecule has 0 saturated heterocycles. The van der Waals surface area contributed by atoms with Crippen molar-refractivity contribution in [3.8, 4) is 28.1 Å². The van der Waals surface area contributed by atoms with Crippen molar-refractivity contribution in [3.05, 3.63) is 155 Å². The normalized spacial score (nSPS) is 17.2. The first-order valence-electron chi connectivity index (χ1n) is 18.1. The lowest BCUT2D eigenvalue weighted by atomic mass is 9.82. The lowest BCUT2D eigenvalue weighted by Gasteiger charge is -2.23. The van der Waals surface area contributed by atoms with E-state index in [2.05, 4.69) is 167 Å². The third-order valence-electron chi connectivity index (χ3n) is 10.7. The average molecular weight is 682 g/mol. The van der Waals surface area contributed by atoms with E-state index < -0.39 is 0 Å². The summed E-state index contributed by atoms with van der Waals surface area (Å²) < 4.78 is 2.45. The van der Waals surface area contributed by atoms with Gasteiger partial charge in [-0.1, -0.05) is 132 Å². The quantitative estimate of drug-likeness (QED) is 0.185. The Hall–Kier alpha value is -4.93. The fourth-order valence-corrected chi connectivity index (χ4v) is 9.50. The molecule has 0 radical (unpaired) electrons. The van der Waals surface area contributed by atoms with E-state index in [0.29, 0.717) is 5.25 Å². The van der Waals surface area contributed by atoms with Crippen LogP contribution in [0, 0.1) is 0 Å². The molecule has 0 unspecified atom stereocenters. The van der Waals surface area contributed by atoms with Gasteiger partial charge in [0.2, 0.25) is 0 Å². The molecule has 0 amide bonds. The largest absolute Gasteiger partial charge is 0.309 e. The molecule has 5 aromatic carbocycles. The number of fused-ring (bicyclic) bond motifs is 6. The lowest BCUT2D eigenvalue weighted by molar-refractivity contribution is 0.581. The smallest absolute Gasteiger partial charge is 0.0988 e. The maximum absolute atomic E-state index is 5.48. The fraction of sp³-hybridized carbons (Fsp3) is 0.234. The molecule has 7 aromatic rings. The number of rotatable bonds is 4. The summed E-state index contributed by atoms with van der Waals surface area (Å²) in [6.07, 6.45) is 2.96. The van der Waals surface area contributed by atoms with E-state index >= 15 is 0 Å². The second kappa shape index (κ2) is 11.8. The molecule has 3 nitrogen and oxygen atoms in total. The number of aliphatic imine (C=N–C) groups is 1. The predicted octanol–water partition coefficient (Wildman–Crippen LogP) is 12.3. The van der Waals surface area contributed by atoms with E-state index in [0.717, 1.165) is 28.4 Å². The Bertz CT molecular complexity index is 2510. The van der Waals surface area contributed by atoms with Crippen molar-refractivity contribution < 1.29 is 0 Å². The minimum atomic E-state index is 0.0430. The third kappa shape index (κ3) is 5.52. The molecule has 2 aromatic heterocycles. The van der Waals surface area contributed by atoms with E-state index in [1.54, 1.807) is 0 Å². The van der Waals surface area contributed by atoms with Crippen molar-refractivity contribution in [1.82, 2.24) is 9.55 Å². The molecular formula is C47H43N3S. The van der Waals surface area contributed by atoms with Crippen molar-refractivity contribution in [1.29, 1.82) is 0 Å². The molecule has 1 aliphatic carbocycles. The molecular weight excluding hydrogens is 639 g/mol. The average Bonchev–Trinajstić information content (AvgIpc) is 3.80. The zero-order valence-electron chi connectivity index (χ0n) is 30.2. The van der Waals surface area contributed by atoms with Gasteiger partial charge in [0.1, 0.15) is 0 Å². The number of pyridine rings is 1. The van der Waals surface area contributed by atoms with E-state index in [-0.39, 0.29) is 16.9 Å². The second-order valence-corrected chi connectivity index (χ2v) is 17.4. The summed E-state index contributed by atoms with van der Waals surface area (Å²) >= 11 is 1.95. The van der Waals surface area contributed by atoms with Crippen molar-refractivity contribution in [3.63, 3.8) is 0 Å². The topological polar surface area (TPSA) is 30.2 Å².